The second kappa shape index (κ2) is 4.79. The van der Waals surface area contributed by atoms with Crippen molar-refractivity contribution in [3.63, 3.8) is 0 Å². The summed E-state index contributed by atoms with van der Waals surface area (Å²) in [5.41, 5.74) is 2.10. The molecule has 0 unspecified atom stereocenters. The lowest BCUT2D eigenvalue weighted by molar-refractivity contribution is 0.0343. The fraction of sp³-hybridized carbons (Fsp3) is 0.385. The van der Waals surface area contributed by atoms with E-state index in [1.165, 1.54) is 0 Å². The molecule has 6 heteroatoms. The summed E-state index contributed by atoms with van der Waals surface area (Å²) in [6.45, 7) is 5.68. The van der Waals surface area contributed by atoms with Crippen LogP contribution in [-0.2, 0) is 9.31 Å². The number of nitrogens with zero attached hydrogens (tertiary/aromatic N) is 3. The molecule has 3 rings (SSSR count). The third kappa shape index (κ3) is 2.69. The summed E-state index contributed by atoms with van der Waals surface area (Å²) >= 11 is 0. The van der Waals surface area contributed by atoms with Gasteiger partial charge in [0.25, 0.3) is 0 Å². The highest BCUT2D eigenvalue weighted by atomic mass is 16.6. The third-order valence-corrected chi connectivity index (χ3v) is 3.11. The molecule has 1 aromatic carbocycles. The minimum atomic E-state index is -0.288. The van der Waals surface area contributed by atoms with Crippen molar-refractivity contribution in [1.29, 1.82) is 0 Å². The Hall–Kier alpha value is -1.66. The lowest BCUT2D eigenvalue weighted by atomic mass is 9.76. The summed E-state index contributed by atoms with van der Waals surface area (Å²) in [5, 5.41) is 7.62. The molecule has 19 heavy (non-hydrogen) atoms. The van der Waals surface area contributed by atoms with Gasteiger partial charge in [-0.3, -0.25) is 4.57 Å². The summed E-state index contributed by atoms with van der Waals surface area (Å²) in [6, 6.07) is 8.03. The topological polar surface area (TPSA) is 49.2 Å². The average molecular weight is 257 g/mol. The highest BCUT2D eigenvalue weighted by Gasteiger charge is 2.33. The Balaban J connectivity index is 1.81. The molecule has 0 bridgehead atoms. The Kier molecular flexibility index (Phi) is 3.12. The number of rotatable bonds is 2. The average Bonchev–Trinajstić information content (AvgIpc) is 2.93. The van der Waals surface area contributed by atoms with Crippen molar-refractivity contribution in [2.45, 2.75) is 13.8 Å². The second-order valence-corrected chi connectivity index (χ2v) is 5.58. The van der Waals surface area contributed by atoms with Crippen molar-refractivity contribution in [2.75, 3.05) is 13.2 Å². The van der Waals surface area contributed by atoms with Gasteiger partial charge in [0.1, 0.15) is 12.7 Å². The van der Waals surface area contributed by atoms with Crippen LogP contribution in [0.3, 0.4) is 0 Å². The molecule has 2 aromatic rings. The minimum Gasteiger partial charge on any atom is -0.407 e. The van der Waals surface area contributed by atoms with Crippen LogP contribution < -0.4 is 5.46 Å². The van der Waals surface area contributed by atoms with Crippen LogP contribution in [0.25, 0.3) is 5.69 Å². The Morgan fingerprint density at radius 1 is 1.16 bits per heavy atom. The summed E-state index contributed by atoms with van der Waals surface area (Å²) < 4.78 is 13.4. The smallest absolute Gasteiger partial charge is 0.407 e. The standard InChI is InChI=1S/C13H16BN3O2/c1-13(2)7-18-14(19-8-13)11-4-3-5-12(6-11)17-9-15-16-10-17/h3-6,9-10H,7-8H2,1-2H3. The zero-order valence-corrected chi connectivity index (χ0v) is 11.1. The van der Waals surface area contributed by atoms with E-state index in [1.54, 1.807) is 12.7 Å². The van der Waals surface area contributed by atoms with Crippen LogP contribution in [0.15, 0.2) is 36.9 Å². The Labute approximate surface area is 112 Å². The molecular formula is C13H16BN3O2. The van der Waals surface area contributed by atoms with E-state index in [9.17, 15) is 0 Å². The summed E-state index contributed by atoms with van der Waals surface area (Å²) in [5.74, 6) is 0. The molecule has 0 N–H and O–H groups in total. The zero-order chi connectivity index (χ0) is 13.3. The summed E-state index contributed by atoms with van der Waals surface area (Å²) in [6.07, 6.45) is 3.34. The Morgan fingerprint density at radius 3 is 2.53 bits per heavy atom. The Bertz CT molecular complexity index is 547. The SMILES string of the molecule is CC1(C)COB(c2cccc(-n3cnnc3)c2)OC1. The highest BCUT2D eigenvalue weighted by molar-refractivity contribution is 6.61. The molecule has 1 fully saturated rings. The first-order valence-electron chi connectivity index (χ1n) is 6.32. The van der Waals surface area contributed by atoms with Gasteiger partial charge in [0.05, 0.1) is 0 Å². The molecule has 1 saturated heterocycles. The monoisotopic (exact) mass is 257 g/mol. The predicted molar refractivity (Wildman–Crippen MR) is 72.4 cm³/mol. The molecule has 1 aliphatic rings. The van der Waals surface area contributed by atoms with Crippen molar-refractivity contribution >= 4 is 12.6 Å². The van der Waals surface area contributed by atoms with Crippen LogP contribution in [-0.4, -0.2) is 35.1 Å². The quantitative estimate of drug-likeness (QED) is 0.754. The van der Waals surface area contributed by atoms with E-state index in [1.807, 2.05) is 28.8 Å². The van der Waals surface area contributed by atoms with E-state index in [0.717, 1.165) is 11.2 Å². The maximum Gasteiger partial charge on any atom is 0.493 e. The number of benzene rings is 1. The van der Waals surface area contributed by atoms with E-state index in [0.29, 0.717) is 13.2 Å². The molecule has 0 spiro atoms. The minimum absolute atomic E-state index is 0.0857. The predicted octanol–water partition coefficient (Wildman–Crippen LogP) is 1.04. The fourth-order valence-corrected chi connectivity index (χ4v) is 2.05. The first kappa shape index (κ1) is 12.4. The molecule has 5 nitrogen and oxygen atoms in total. The van der Waals surface area contributed by atoms with Crippen molar-refractivity contribution in [3.8, 4) is 5.69 Å². The zero-order valence-electron chi connectivity index (χ0n) is 11.1. The first-order valence-corrected chi connectivity index (χ1v) is 6.32. The van der Waals surface area contributed by atoms with Gasteiger partial charge in [-0.15, -0.1) is 10.2 Å². The van der Waals surface area contributed by atoms with Gasteiger partial charge in [0.15, 0.2) is 0 Å². The van der Waals surface area contributed by atoms with Crippen molar-refractivity contribution < 1.29 is 9.31 Å². The number of hydrogen-bond acceptors (Lipinski definition) is 4. The van der Waals surface area contributed by atoms with Crippen LogP contribution in [0.5, 0.6) is 0 Å². The molecule has 0 aliphatic carbocycles. The number of aromatic nitrogens is 3. The molecule has 1 aliphatic heterocycles. The van der Waals surface area contributed by atoms with E-state index in [-0.39, 0.29) is 12.5 Å². The fourth-order valence-electron chi connectivity index (χ4n) is 2.05. The van der Waals surface area contributed by atoms with E-state index >= 15 is 0 Å². The largest absolute Gasteiger partial charge is 0.493 e. The van der Waals surface area contributed by atoms with Gasteiger partial charge in [0.2, 0.25) is 0 Å². The lowest BCUT2D eigenvalue weighted by Crippen LogP contribution is -2.47. The van der Waals surface area contributed by atoms with Crippen molar-refractivity contribution in [2.24, 2.45) is 5.41 Å². The van der Waals surface area contributed by atoms with Gasteiger partial charge >= 0.3 is 7.12 Å². The molecule has 0 radical (unpaired) electrons. The molecule has 2 heterocycles. The van der Waals surface area contributed by atoms with E-state index in [4.69, 9.17) is 9.31 Å². The van der Waals surface area contributed by atoms with Gasteiger partial charge in [-0.2, -0.15) is 0 Å². The summed E-state index contributed by atoms with van der Waals surface area (Å²) in [4.78, 5) is 0. The van der Waals surface area contributed by atoms with Crippen LogP contribution >= 0.6 is 0 Å². The maximum atomic E-state index is 5.79. The van der Waals surface area contributed by atoms with E-state index in [2.05, 4.69) is 24.0 Å². The number of hydrogen-bond donors (Lipinski definition) is 0. The normalized spacial score (nSPS) is 18.5. The summed E-state index contributed by atoms with van der Waals surface area (Å²) in [7, 11) is -0.288. The molecule has 0 amide bonds. The van der Waals surface area contributed by atoms with Crippen molar-refractivity contribution in [3.05, 3.63) is 36.9 Å². The van der Waals surface area contributed by atoms with Gasteiger partial charge in [-0.25, -0.2) is 0 Å². The van der Waals surface area contributed by atoms with Gasteiger partial charge < -0.3 is 9.31 Å². The van der Waals surface area contributed by atoms with Crippen LogP contribution in [0.1, 0.15) is 13.8 Å². The van der Waals surface area contributed by atoms with Crippen molar-refractivity contribution in [1.82, 2.24) is 14.8 Å². The third-order valence-electron chi connectivity index (χ3n) is 3.11. The Morgan fingerprint density at radius 2 is 1.84 bits per heavy atom. The van der Waals surface area contributed by atoms with Gasteiger partial charge in [0, 0.05) is 24.3 Å². The lowest BCUT2D eigenvalue weighted by Gasteiger charge is -2.33. The maximum absolute atomic E-state index is 5.79. The van der Waals surface area contributed by atoms with Gasteiger partial charge in [-0.1, -0.05) is 26.0 Å². The van der Waals surface area contributed by atoms with Crippen LogP contribution in [0, 0.1) is 5.41 Å². The highest BCUT2D eigenvalue weighted by Crippen LogP contribution is 2.21. The molecular weight excluding hydrogens is 241 g/mol. The molecule has 0 saturated carbocycles. The molecule has 98 valence electrons. The van der Waals surface area contributed by atoms with Crippen LogP contribution in [0.2, 0.25) is 0 Å². The van der Waals surface area contributed by atoms with E-state index < -0.39 is 0 Å². The first-order chi connectivity index (χ1) is 9.14. The van der Waals surface area contributed by atoms with Gasteiger partial charge in [-0.05, 0) is 17.6 Å². The molecule has 1 aromatic heterocycles. The molecule has 0 atom stereocenters. The van der Waals surface area contributed by atoms with Crippen LogP contribution in [0.4, 0.5) is 0 Å². The second-order valence-electron chi connectivity index (χ2n) is 5.58.